The van der Waals surface area contributed by atoms with Gasteiger partial charge in [0.25, 0.3) is 0 Å². The van der Waals surface area contributed by atoms with Gasteiger partial charge in [-0.2, -0.15) is 5.10 Å². The number of hydrazone groups is 1. The van der Waals surface area contributed by atoms with Crippen molar-refractivity contribution in [2.45, 2.75) is 16.2 Å². The molecule has 28 heavy (non-hydrogen) atoms. The van der Waals surface area contributed by atoms with Crippen LogP contribution in [-0.2, 0) is 9.84 Å². The molecule has 3 aromatic carbocycles. The summed E-state index contributed by atoms with van der Waals surface area (Å²) < 4.78 is 26.8. The minimum Gasteiger partial charge on any atom is -0.256 e. The Hall–Kier alpha value is -2.34. The zero-order valence-corrected chi connectivity index (χ0v) is 16.8. The van der Waals surface area contributed by atoms with Crippen LogP contribution < -0.4 is 5.01 Å². The minimum atomic E-state index is -3.57. The normalized spacial score (nSPS) is 21.9. The maximum absolute atomic E-state index is 13.4. The maximum Gasteiger partial charge on any atom is 0.189 e. The van der Waals surface area contributed by atoms with E-state index in [1.54, 1.807) is 41.4 Å². The number of halogens is 2. The van der Waals surface area contributed by atoms with Crippen LogP contribution in [0.5, 0.6) is 0 Å². The molecule has 4 nitrogen and oxygen atoms in total. The third-order valence-electron chi connectivity index (χ3n) is 5.14. The Morgan fingerprint density at radius 3 is 2.11 bits per heavy atom. The maximum atomic E-state index is 13.4. The van der Waals surface area contributed by atoms with Crippen molar-refractivity contribution in [3.05, 3.63) is 94.0 Å². The van der Waals surface area contributed by atoms with Crippen molar-refractivity contribution >= 4 is 44.4 Å². The Balaban J connectivity index is 1.73. The first-order valence-corrected chi connectivity index (χ1v) is 11.0. The predicted octanol–water partition coefficient (Wildman–Crippen LogP) is 5.11. The van der Waals surface area contributed by atoms with Gasteiger partial charge in [-0.05, 0) is 53.6 Å². The molecular weight excluding hydrogens is 415 g/mol. The summed E-state index contributed by atoms with van der Waals surface area (Å²) in [5.74, 6) is 0. The highest BCUT2D eigenvalue weighted by Gasteiger charge is 2.54. The molecule has 3 aromatic rings. The van der Waals surface area contributed by atoms with Crippen LogP contribution in [0.25, 0.3) is 0 Å². The zero-order valence-electron chi connectivity index (χ0n) is 14.5. The summed E-state index contributed by atoms with van der Waals surface area (Å²) in [6.07, 6.45) is 0. The van der Waals surface area contributed by atoms with Gasteiger partial charge in [0, 0.05) is 10.0 Å². The molecule has 140 valence electrons. The van der Waals surface area contributed by atoms with Gasteiger partial charge in [-0.15, -0.1) is 0 Å². The van der Waals surface area contributed by atoms with Crippen LogP contribution in [-0.4, -0.2) is 19.4 Å². The van der Waals surface area contributed by atoms with E-state index in [-0.39, 0.29) is 0 Å². The second kappa shape index (κ2) is 6.34. The average Bonchev–Trinajstić information content (AvgIpc) is 3.20. The van der Waals surface area contributed by atoms with Crippen molar-refractivity contribution in [3.63, 3.8) is 0 Å². The number of nitrogens with zero attached hydrogens (tertiary/aromatic N) is 2. The van der Waals surface area contributed by atoms with Gasteiger partial charge in [-0.25, -0.2) is 8.42 Å². The highest BCUT2D eigenvalue weighted by molar-refractivity contribution is 7.93. The quantitative estimate of drug-likeness (QED) is 0.569. The molecule has 2 heterocycles. The first kappa shape index (κ1) is 17.7. The molecular formula is C21H14Cl2N2O2S. The lowest BCUT2D eigenvalue weighted by molar-refractivity contribution is 0.591. The Morgan fingerprint density at radius 2 is 1.43 bits per heavy atom. The third kappa shape index (κ3) is 2.58. The number of rotatable bonds is 2. The summed E-state index contributed by atoms with van der Waals surface area (Å²) in [6.45, 7) is 0. The topological polar surface area (TPSA) is 49.7 Å². The fourth-order valence-corrected chi connectivity index (χ4v) is 6.29. The molecule has 0 N–H and O–H groups in total. The molecule has 2 atom stereocenters. The van der Waals surface area contributed by atoms with Gasteiger partial charge >= 0.3 is 0 Å². The van der Waals surface area contributed by atoms with Crippen molar-refractivity contribution in [3.8, 4) is 0 Å². The Bertz CT molecular complexity index is 1210. The predicted molar refractivity (Wildman–Crippen MR) is 112 cm³/mol. The lowest BCUT2D eigenvalue weighted by Gasteiger charge is -2.23. The van der Waals surface area contributed by atoms with Crippen molar-refractivity contribution in [2.24, 2.45) is 5.10 Å². The van der Waals surface area contributed by atoms with Crippen LogP contribution in [0, 0.1) is 0 Å². The number of benzene rings is 3. The van der Waals surface area contributed by atoms with Crippen molar-refractivity contribution in [2.75, 3.05) is 5.01 Å². The van der Waals surface area contributed by atoms with E-state index in [1.165, 1.54) is 0 Å². The summed E-state index contributed by atoms with van der Waals surface area (Å²) in [7, 11) is -3.57. The van der Waals surface area contributed by atoms with Crippen LogP contribution in [0.2, 0.25) is 10.0 Å². The average molecular weight is 429 g/mol. The molecule has 0 fully saturated rings. The van der Waals surface area contributed by atoms with Gasteiger partial charge < -0.3 is 0 Å². The molecule has 0 aliphatic carbocycles. The summed E-state index contributed by atoms with van der Waals surface area (Å²) in [4.78, 5) is 0.366. The fraction of sp³-hybridized carbons (Fsp3) is 0.0952. The number of fused-ring (bicyclic) bond motifs is 3. The third-order valence-corrected chi connectivity index (χ3v) is 7.78. The Kier molecular flexibility index (Phi) is 4.02. The van der Waals surface area contributed by atoms with E-state index in [0.29, 0.717) is 20.7 Å². The molecule has 0 saturated carbocycles. The second-order valence-corrected chi connectivity index (χ2v) is 9.67. The lowest BCUT2D eigenvalue weighted by atomic mass is 9.98. The van der Waals surface area contributed by atoms with Gasteiger partial charge in [0.05, 0.1) is 16.3 Å². The Morgan fingerprint density at radius 1 is 0.821 bits per heavy atom. The summed E-state index contributed by atoms with van der Waals surface area (Å²) in [5.41, 5.74) is 2.81. The van der Waals surface area contributed by atoms with E-state index in [9.17, 15) is 8.42 Å². The fourth-order valence-electron chi connectivity index (χ4n) is 3.90. The smallest absolute Gasteiger partial charge is 0.189 e. The van der Waals surface area contributed by atoms with Crippen molar-refractivity contribution in [1.82, 2.24) is 0 Å². The van der Waals surface area contributed by atoms with Gasteiger partial charge in [0.2, 0.25) is 0 Å². The molecule has 0 amide bonds. The largest absolute Gasteiger partial charge is 0.256 e. The SMILES string of the molecule is O=S1(=O)c2ccccc2C2C1C(c1ccc(Cl)cc1)=NN2c1ccc(Cl)cc1. The van der Waals surface area contributed by atoms with Crippen LogP contribution in [0.1, 0.15) is 17.2 Å². The van der Waals surface area contributed by atoms with E-state index >= 15 is 0 Å². The minimum absolute atomic E-state index is 0.366. The highest BCUT2D eigenvalue weighted by atomic mass is 35.5. The van der Waals surface area contributed by atoms with E-state index < -0.39 is 21.1 Å². The lowest BCUT2D eigenvalue weighted by Crippen LogP contribution is -2.30. The monoisotopic (exact) mass is 428 g/mol. The van der Waals surface area contributed by atoms with Gasteiger partial charge in [-0.1, -0.05) is 53.5 Å². The van der Waals surface area contributed by atoms with Gasteiger partial charge in [0.15, 0.2) is 9.84 Å². The Labute approximate surface area is 172 Å². The molecule has 2 aliphatic rings. The van der Waals surface area contributed by atoms with E-state index in [2.05, 4.69) is 0 Å². The number of sulfone groups is 1. The molecule has 0 saturated heterocycles. The second-order valence-electron chi connectivity index (χ2n) is 6.76. The zero-order chi connectivity index (χ0) is 19.5. The van der Waals surface area contributed by atoms with Crippen molar-refractivity contribution in [1.29, 1.82) is 0 Å². The van der Waals surface area contributed by atoms with Gasteiger partial charge in [0.1, 0.15) is 11.3 Å². The number of hydrogen-bond acceptors (Lipinski definition) is 4. The molecule has 5 rings (SSSR count). The summed E-state index contributed by atoms with van der Waals surface area (Å²) in [5, 5.41) is 6.96. The molecule has 0 aromatic heterocycles. The first-order chi connectivity index (χ1) is 13.5. The van der Waals surface area contributed by atoms with E-state index in [0.717, 1.165) is 16.8 Å². The number of hydrogen-bond donors (Lipinski definition) is 0. The molecule has 0 spiro atoms. The summed E-state index contributed by atoms with van der Waals surface area (Å²) >= 11 is 12.0. The van der Waals surface area contributed by atoms with Crippen LogP contribution in [0.15, 0.2) is 82.8 Å². The highest BCUT2D eigenvalue weighted by Crippen LogP contribution is 2.49. The molecule has 2 unspecified atom stereocenters. The van der Waals surface area contributed by atoms with Crippen LogP contribution in [0.3, 0.4) is 0 Å². The van der Waals surface area contributed by atoms with Crippen LogP contribution >= 0.6 is 23.2 Å². The molecule has 7 heteroatoms. The van der Waals surface area contributed by atoms with Crippen molar-refractivity contribution < 1.29 is 8.42 Å². The summed E-state index contributed by atoms with van der Waals surface area (Å²) in [6, 6.07) is 21.1. The molecule has 0 radical (unpaired) electrons. The molecule has 0 bridgehead atoms. The standard InChI is InChI=1S/C21H14Cl2N2O2S/c22-14-7-5-13(6-8-14)19-21-20(17-3-1-2-4-18(17)28(21,26)27)25(24-19)16-11-9-15(23)10-12-16/h1-12,20-21H. The van der Waals surface area contributed by atoms with E-state index in [1.807, 2.05) is 36.4 Å². The van der Waals surface area contributed by atoms with Gasteiger partial charge in [-0.3, -0.25) is 5.01 Å². The number of anilines is 1. The van der Waals surface area contributed by atoms with E-state index in [4.69, 9.17) is 28.3 Å². The molecule has 2 aliphatic heterocycles. The van der Waals surface area contributed by atoms with Crippen LogP contribution in [0.4, 0.5) is 5.69 Å². The first-order valence-electron chi connectivity index (χ1n) is 8.69.